The highest BCUT2D eigenvalue weighted by Gasteiger charge is 2.48. The van der Waals surface area contributed by atoms with Gasteiger partial charge < -0.3 is 14.6 Å². The topological polar surface area (TPSA) is 106 Å². The highest BCUT2D eigenvalue weighted by atomic mass is 35.5. The second-order valence-corrected chi connectivity index (χ2v) is 9.85. The van der Waals surface area contributed by atoms with Crippen LogP contribution in [0.25, 0.3) is 5.76 Å². The standard InChI is InChI=1S/C28H25ClN2O6S/c1-5-12-37-19-10-11-20(15(3)13-19)23(32)21-22(17-8-7-9-18(29)14-17)31(26(34)24(21)33)28-30-16(4)25(38-28)27(35)36-6-2/h5,7-11,13-14,22,32H,1,6,12H2,2-4H3/b23-21-. The number of esters is 1. The molecule has 2 aromatic carbocycles. The number of carbonyl (C=O) groups is 3. The lowest BCUT2D eigenvalue weighted by Gasteiger charge is -2.23. The Labute approximate surface area is 228 Å². The summed E-state index contributed by atoms with van der Waals surface area (Å²) in [4.78, 5) is 45.1. The van der Waals surface area contributed by atoms with Crippen LogP contribution in [-0.2, 0) is 14.3 Å². The number of aromatic nitrogens is 1. The van der Waals surface area contributed by atoms with Gasteiger partial charge in [0.2, 0.25) is 0 Å². The van der Waals surface area contributed by atoms with E-state index < -0.39 is 23.7 Å². The van der Waals surface area contributed by atoms with Crippen LogP contribution >= 0.6 is 22.9 Å². The fourth-order valence-corrected chi connectivity index (χ4v) is 5.37. The Morgan fingerprint density at radius 2 is 2.00 bits per heavy atom. The molecular formula is C28H25ClN2O6S. The molecule has 1 aliphatic heterocycles. The summed E-state index contributed by atoms with van der Waals surface area (Å²) in [6.45, 7) is 9.18. The molecule has 1 N–H and O–H groups in total. The Balaban J connectivity index is 1.89. The van der Waals surface area contributed by atoms with Gasteiger partial charge in [0, 0.05) is 10.6 Å². The molecule has 1 aliphatic rings. The van der Waals surface area contributed by atoms with Crippen molar-refractivity contribution in [3.05, 3.63) is 93.0 Å². The van der Waals surface area contributed by atoms with Crippen LogP contribution in [0.1, 0.15) is 45.0 Å². The van der Waals surface area contributed by atoms with Crippen LogP contribution in [-0.4, -0.2) is 41.0 Å². The zero-order valence-corrected chi connectivity index (χ0v) is 22.6. The number of thiazole rings is 1. The first kappa shape index (κ1) is 27.1. The first-order valence-corrected chi connectivity index (χ1v) is 12.9. The molecule has 10 heteroatoms. The lowest BCUT2D eigenvalue weighted by molar-refractivity contribution is -0.132. The van der Waals surface area contributed by atoms with Crippen molar-refractivity contribution < 1.29 is 29.0 Å². The van der Waals surface area contributed by atoms with Gasteiger partial charge in [-0.1, -0.05) is 47.7 Å². The van der Waals surface area contributed by atoms with Crippen molar-refractivity contribution in [2.75, 3.05) is 18.1 Å². The molecule has 1 saturated heterocycles. The second kappa shape index (κ2) is 11.2. The minimum Gasteiger partial charge on any atom is -0.507 e. The van der Waals surface area contributed by atoms with E-state index in [0.717, 1.165) is 11.3 Å². The third-order valence-corrected chi connectivity index (χ3v) is 7.25. The summed E-state index contributed by atoms with van der Waals surface area (Å²) < 4.78 is 10.7. The summed E-state index contributed by atoms with van der Waals surface area (Å²) in [7, 11) is 0. The molecule has 1 atom stereocenters. The number of anilines is 1. The lowest BCUT2D eigenvalue weighted by Crippen LogP contribution is -2.29. The van der Waals surface area contributed by atoms with Crippen LogP contribution in [0, 0.1) is 13.8 Å². The van der Waals surface area contributed by atoms with E-state index in [1.54, 1.807) is 69.3 Å². The van der Waals surface area contributed by atoms with Crippen LogP contribution in [0.2, 0.25) is 5.02 Å². The van der Waals surface area contributed by atoms with Gasteiger partial charge in [0.1, 0.15) is 23.0 Å². The van der Waals surface area contributed by atoms with Crippen molar-refractivity contribution in [3.8, 4) is 5.75 Å². The van der Waals surface area contributed by atoms with Gasteiger partial charge in [-0.15, -0.1) is 0 Å². The van der Waals surface area contributed by atoms with Gasteiger partial charge >= 0.3 is 11.9 Å². The second-order valence-electron chi connectivity index (χ2n) is 8.43. The molecule has 38 heavy (non-hydrogen) atoms. The van der Waals surface area contributed by atoms with Crippen molar-refractivity contribution in [3.63, 3.8) is 0 Å². The largest absolute Gasteiger partial charge is 0.507 e. The zero-order valence-electron chi connectivity index (χ0n) is 21.0. The van der Waals surface area contributed by atoms with Crippen molar-refractivity contribution in [1.29, 1.82) is 0 Å². The summed E-state index contributed by atoms with van der Waals surface area (Å²) >= 11 is 7.20. The maximum absolute atomic E-state index is 13.4. The molecular weight excluding hydrogens is 528 g/mol. The van der Waals surface area contributed by atoms with Crippen LogP contribution in [0.5, 0.6) is 5.75 Å². The number of amides is 1. The number of ether oxygens (including phenoxy) is 2. The Morgan fingerprint density at radius 1 is 1.24 bits per heavy atom. The smallest absolute Gasteiger partial charge is 0.350 e. The highest BCUT2D eigenvalue weighted by molar-refractivity contribution is 7.17. The fraction of sp³-hybridized carbons (Fsp3) is 0.214. The average Bonchev–Trinajstić information content (AvgIpc) is 3.39. The first-order chi connectivity index (χ1) is 18.2. The molecule has 196 valence electrons. The summed E-state index contributed by atoms with van der Waals surface area (Å²) in [5.74, 6) is -2.12. The molecule has 1 amide bonds. The van der Waals surface area contributed by atoms with Gasteiger partial charge in [-0.3, -0.25) is 14.5 Å². The molecule has 2 heterocycles. The van der Waals surface area contributed by atoms with E-state index in [0.29, 0.717) is 39.8 Å². The molecule has 1 unspecified atom stereocenters. The maximum atomic E-state index is 13.4. The molecule has 0 saturated carbocycles. The minimum atomic E-state index is -1.04. The molecule has 3 aromatic rings. The van der Waals surface area contributed by atoms with Crippen LogP contribution in [0.3, 0.4) is 0 Å². The number of aliphatic hydroxyl groups is 1. The van der Waals surface area contributed by atoms with Crippen molar-refractivity contribution >= 4 is 51.5 Å². The summed E-state index contributed by atoms with van der Waals surface area (Å²) in [5.41, 5.74) is 1.73. The van der Waals surface area contributed by atoms with E-state index in [-0.39, 0.29) is 27.9 Å². The van der Waals surface area contributed by atoms with Crippen LogP contribution in [0.15, 0.2) is 60.7 Å². The maximum Gasteiger partial charge on any atom is 0.350 e. The SMILES string of the molecule is C=CCOc1ccc(/C(O)=C2/C(=O)C(=O)N(c3nc(C)c(C(=O)OCC)s3)C2c2cccc(Cl)c2)c(C)c1. The number of aliphatic hydroxyl groups excluding tert-OH is 1. The monoisotopic (exact) mass is 552 g/mol. The number of hydrogen-bond donors (Lipinski definition) is 1. The number of carbonyl (C=O) groups excluding carboxylic acids is 3. The Kier molecular flexibility index (Phi) is 7.99. The fourth-order valence-electron chi connectivity index (χ4n) is 4.19. The first-order valence-electron chi connectivity index (χ1n) is 11.7. The van der Waals surface area contributed by atoms with E-state index >= 15 is 0 Å². The predicted molar refractivity (Wildman–Crippen MR) is 146 cm³/mol. The molecule has 4 rings (SSSR count). The van der Waals surface area contributed by atoms with Crippen molar-refractivity contribution in [2.45, 2.75) is 26.8 Å². The van der Waals surface area contributed by atoms with Gasteiger partial charge in [0.25, 0.3) is 5.78 Å². The van der Waals surface area contributed by atoms with E-state index in [1.807, 2.05) is 0 Å². The average molecular weight is 553 g/mol. The van der Waals surface area contributed by atoms with E-state index in [9.17, 15) is 19.5 Å². The highest BCUT2D eigenvalue weighted by Crippen LogP contribution is 2.44. The molecule has 0 bridgehead atoms. The lowest BCUT2D eigenvalue weighted by atomic mass is 9.94. The number of benzene rings is 2. The van der Waals surface area contributed by atoms with E-state index in [2.05, 4.69) is 11.6 Å². The van der Waals surface area contributed by atoms with Crippen molar-refractivity contribution in [1.82, 2.24) is 4.98 Å². The Bertz CT molecular complexity index is 1480. The van der Waals surface area contributed by atoms with Gasteiger partial charge in [-0.25, -0.2) is 9.78 Å². The van der Waals surface area contributed by atoms with Crippen LogP contribution in [0.4, 0.5) is 5.13 Å². The van der Waals surface area contributed by atoms with Gasteiger partial charge in [0.05, 0.1) is 23.9 Å². The van der Waals surface area contributed by atoms with Crippen LogP contribution < -0.4 is 9.64 Å². The number of nitrogens with zero attached hydrogens (tertiary/aromatic N) is 2. The van der Waals surface area contributed by atoms with Gasteiger partial charge in [-0.05, 0) is 62.2 Å². The number of Topliss-reactive ketones (excluding diaryl/α,β-unsaturated/α-hetero) is 1. The van der Waals surface area contributed by atoms with Gasteiger partial charge in [0.15, 0.2) is 5.13 Å². The predicted octanol–water partition coefficient (Wildman–Crippen LogP) is 5.78. The molecule has 0 aliphatic carbocycles. The number of halogens is 1. The summed E-state index contributed by atoms with van der Waals surface area (Å²) in [5, 5.41) is 12.0. The number of rotatable bonds is 8. The minimum absolute atomic E-state index is 0.120. The Morgan fingerprint density at radius 3 is 2.66 bits per heavy atom. The molecule has 1 aromatic heterocycles. The third-order valence-electron chi connectivity index (χ3n) is 5.88. The Hall–Kier alpha value is -3.95. The van der Waals surface area contributed by atoms with Gasteiger partial charge in [-0.2, -0.15) is 0 Å². The summed E-state index contributed by atoms with van der Waals surface area (Å²) in [6, 6.07) is 10.6. The van der Waals surface area contributed by atoms with E-state index in [4.69, 9.17) is 21.1 Å². The summed E-state index contributed by atoms with van der Waals surface area (Å²) in [6.07, 6.45) is 1.61. The number of aryl methyl sites for hydroxylation is 2. The van der Waals surface area contributed by atoms with Crippen molar-refractivity contribution in [2.24, 2.45) is 0 Å². The zero-order chi connectivity index (χ0) is 27.6. The molecule has 8 nitrogen and oxygen atoms in total. The molecule has 0 radical (unpaired) electrons. The third kappa shape index (κ3) is 5.07. The van der Waals surface area contributed by atoms with E-state index in [1.165, 1.54) is 4.90 Å². The number of ketones is 1. The quantitative estimate of drug-likeness (QED) is 0.124. The number of hydrogen-bond acceptors (Lipinski definition) is 8. The normalized spacial score (nSPS) is 16.5. The molecule has 0 spiro atoms. The molecule has 1 fully saturated rings.